The van der Waals surface area contributed by atoms with Crippen LogP contribution < -0.4 is 0 Å². The monoisotopic (exact) mass is 336 g/mol. The first-order chi connectivity index (χ1) is 9.00. The van der Waals surface area contributed by atoms with Crippen molar-refractivity contribution in [2.24, 2.45) is 0 Å². The molecule has 0 aliphatic rings. The Kier molecular flexibility index (Phi) is 13.0. The molecule has 3 aromatic carbocycles. The maximum atomic E-state index is 2.00. The predicted molar refractivity (Wildman–Crippen MR) is 79.3 cm³/mol. The summed E-state index contributed by atoms with van der Waals surface area (Å²) in [6.45, 7) is 0. The molecular formula is C18H18Ru+2. The summed E-state index contributed by atoms with van der Waals surface area (Å²) < 4.78 is 0. The van der Waals surface area contributed by atoms with E-state index >= 15 is 0 Å². The Morgan fingerprint density at radius 1 is 0.158 bits per heavy atom. The second-order valence-corrected chi connectivity index (χ2v) is 3.46. The normalized spacial score (nSPS) is 7.58. The van der Waals surface area contributed by atoms with E-state index in [0.29, 0.717) is 0 Å². The minimum Gasteiger partial charge on any atom is -0.0623 e. The molecule has 0 aliphatic heterocycles. The van der Waals surface area contributed by atoms with E-state index in [-0.39, 0.29) is 19.5 Å². The van der Waals surface area contributed by atoms with Crippen molar-refractivity contribution in [1.82, 2.24) is 0 Å². The first-order valence-corrected chi connectivity index (χ1v) is 6.00. The number of hydrogen-bond donors (Lipinski definition) is 0. The van der Waals surface area contributed by atoms with Crippen molar-refractivity contribution in [3.8, 4) is 0 Å². The van der Waals surface area contributed by atoms with Crippen LogP contribution in [0.25, 0.3) is 0 Å². The van der Waals surface area contributed by atoms with Gasteiger partial charge < -0.3 is 0 Å². The van der Waals surface area contributed by atoms with Crippen LogP contribution >= 0.6 is 0 Å². The molecule has 0 bridgehead atoms. The van der Waals surface area contributed by atoms with E-state index in [1.54, 1.807) is 0 Å². The zero-order chi connectivity index (χ0) is 12.7. The predicted octanol–water partition coefficient (Wildman–Crippen LogP) is 5.06. The molecule has 0 saturated heterocycles. The fraction of sp³-hybridized carbons (Fsp3) is 0. The van der Waals surface area contributed by atoms with E-state index in [9.17, 15) is 0 Å². The molecule has 0 atom stereocenters. The Morgan fingerprint density at radius 3 is 0.263 bits per heavy atom. The largest absolute Gasteiger partial charge is 2.00 e. The number of hydrogen-bond acceptors (Lipinski definition) is 0. The van der Waals surface area contributed by atoms with Crippen LogP contribution in [0.4, 0.5) is 0 Å². The molecule has 0 aliphatic carbocycles. The third-order valence-electron chi connectivity index (χ3n) is 2.00. The zero-order valence-corrected chi connectivity index (χ0v) is 12.5. The van der Waals surface area contributed by atoms with Gasteiger partial charge >= 0.3 is 19.5 Å². The van der Waals surface area contributed by atoms with Crippen LogP contribution in [0.5, 0.6) is 0 Å². The molecule has 0 unspecified atom stereocenters. The quantitative estimate of drug-likeness (QED) is 0.504. The van der Waals surface area contributed by atoms with Gasteiger partial charge in [0.2, 0.25) is 0 Å². The summed E-state index contributed by atoms with van der Waals surface area (Å²) in [5, 5.41) is 0. The van der Waals surface area contributed by atoms with Gasteiger partial charge in [0.25, 0.3) is 0 Å². The Morgan fingerprint density at radius 2 is 0.211 bits per heavy atom. The minimum absolute atomic E-state index is 0. The van der Waals surface area contributed by atoms with E-state index in [1.807, 2.05) is 109 Å². The van der Waals surface area contributed by atoms with E-state index < -0.39 is 0 Å². The number of rotatable bonds is 0. The van der Waals surface area contributed by atoms with E-state index in [1.165, 1.54) is 0 Å². The molecule has 0 nitrogen and oxygen atoms in total. The average molecular weight is 335 g/mol. The van der Waals surface area contributed by atoms with Gasteiger partial charge in [0.05, 0.1) is 0 Å². The molecule has 0 fully saturated rings. The Balaban J connectivity index is 0.000000249. The van der Waals surface area contributed by atoms with Gasteiger partial charge in [0.1, 0.15) is 0 Å². The van der Waals surface area contributed by atoms with Gasteiger partial charge in [-0.25, -0.2) is 0 Å². The van der Waals surface area contributed by atoms with Crippen molar-refractivity contribution < 1.29 is 19.5 Å². The molecular weight excluding hydrogens is 317 g/mol. The van der Waals surface area contributed by atoms with Gasteiger partial charge in [-0.3, -0.25) is 0 Å². The molecule has 0 heterocycles. The second-order valence-electron chi connectivity index (χ2n) is 3.46. The Labute approximate surface area is 128 Å². The summed E-state index contributed by atoms with van der Waals surface area (Å²) in [6, 6.07) is 36.0. The maximum Gasteiger partial charge on any atom is 2.00 e. The third kappa shape index (κ3) is 12.5. The standard InChI is InChI=1S/3C6H6.Ru/c3*1-2-4-6-5-3-1;/h3*1-6H;/q;;;+2. The van der Waals surface area contributed by atoms with Crippen LogP contribution in [-0.2, 0) is 19.5 Å². The zero-order valence-electron chi connectivity index (χ0n) is 10.7. The molecule has 96 valence electrons. The summed E-state index contributed by atoms with van der Waals surface area (Å²) >= 11 is 0. The summed E-state index contributed by atoms with van der Waals surface area (Å²) in [5.41, 5.74) is 0. The van der Waals surface area contributed by atoms with Crippen molar-refractivity contribution in [2.45, 2.75) is 0 Å². The van der Waals surface area contributed by atoms with E-state index in [0.717, 1.165) is 0 Å². The molecule has 0 spiro atoms. The summed E-state index contributed by atoms with van der Waals surface area (Å²) in [6.07, 6.45) is 0. The molecule has 1 heteroatoms. The SMILES string of the molecule is [Ru+2].c1ccccc1.c1ccccc1.c1ccccc1. The fourth-order valence-electron chi connectivity index (χ4n) is 1.15. The topological polar surface area (TPSA) is 0 Å². The molecule has 3 aromatic rings. The van der Waals surface area contributed by atoms with Gasteiger partial charge in [-0.1, -0.05) is 109 Å². The first-order valence-electron chi connectivity index (χ1n) is 6.00. The van der Waals surface area contributed by atoms with Crippen LogP contribution in [0.2, 0.25) is 0 Å². The fourth-order valence-corrected chi connectivity index (χ4v) is 1.15. The number of benzene rings is 3. The van der Waals surface area contributed by atoms with Gasteiger partial charge in [-0.05, 0) is 0 Å². The second kappa shape index (κ2) is 14.3. The van der Waals surface area contributed by atoms with Gasteiger partial charge in [0.15, 0.2) is 0 Å². The van der Waals surface area contributed by atoms with Crippen molar-refractivity contribution in [2.75, 3.05) is 0 Å². The summed E-state index contributed by atoms with van der Waals surface area (Å²) in [4.78, 5) is 0. The van der Waals surface area contributed by atoms with Gasteiger partial charge in [-0.15, -0.1) is 0 Å². The van der Waals surface area contributed by atoms with E-state index in [2.05, 4.69) is 0 Å². The van der Waals surface area contributed by atoms with Crippen molar-refractivity contribution in [3.63, 3.8) is 0 Å². The third-order valence-corrected chi connectivity index (χ3v) is 2.00. The molecule has 0 saturated carbocycles. The van der Waals surface area contributed by atoms with E-state index in [4.69, 9.17) is 0 Å². The molecule has 0 amide bonds. The van der Waals surface area contributed by atoms with Crippen molar-refractivity contribution in [3.05, 3.63) is 109 Å². The van der Waals surface area contributed by atoms with Crippen LogP contribution in [0.15, 0.2) is 109 Å². The van der Waals surface area contributed by atoms with Crippen molar-refractivity contribution in [1.29, 1.82) is 0 Å². The molecule has 0 radical (unpaired) electrons. The van der Waals surface area contributed by atoms with Crippen LogP contribution in [0.1, 0.15) is 0 Å². The molecule has 19 heavy (non-hydrogen) atoms. The minimum atomic E-state index is 0. The average Bonchev–Trinajstić information content (AvgIpc) is 2.54. The Bertz CT molecular complexity index is 296. The first kappa shape index (κ1) is 17.3. The molecule has 3 rings (SSSR count). The Hall–Kier alpha value is -1.72. The summed E-state index contributed by atoms with van der Waals surface area (Å²) in [5.74, 6) is 0. The van der Waals surface area contributed by atoms with Crippen LogP contribution in [0, 0.1) is 0 Å². The maximum absolute atomic E-state index is 2.00. The summed E-state index contributed by atoms with van der Waals surface area (Å²) in [7, 11) is 0. The van der Waals surface area contributed by atoms with Crippen molar-refractivity contribution >= 4 is 0 Å². The molecule has 0 N–H and O–H groups in total. The van der Waals surface area contributed by atoms with Crippen LogP contribution in [0.3, 0.4) is 0 Å². The van der Waals surface area contributed by atoms with Crippen LogP contribution in [-0.4, -0.2) is 0 Å². The smallest absolute Gasteiger partial charge is 0.0623 e. The van der Waals surface area contributed by atoms with Gasteiger partial charge in [-0.2, -0.15) is 0 Å². The molecule has 0 aromatic heterocycles. The van der Waals surface area contributed by atoms with Gasteiger partial charge in [0, 0.05) is 0 Å².